The molecule has 3 N–H and O–H groups in total. The maximum Gasteiger partial charge on any atom is 0.403 e. The second-order valence-electron chi connectivity index (χ2n) is 11.3. The highest BCUT2D eigenvalue weighted by Crippen LogP contribution is 2.23. The quantitative estimate of drug-likeness (QED) is 0.258. The van der Waals surface area contributed by atoms with Crippen molar-refractivity contribution in [2.24, 2.45) is 5.92 Å². The molecule has 4 fully saturated rings. The van der Waals surface area contributed by atoms with Gasteiger partial charge in [-0.15, -0.1) is 12.4 Å². The summed E-state index contributed by atoms with van der Waals surface area (Å²) in [5, 5.41) is 9.10. The zero-order chi connectivity index (χ0) is 30.7. The lowest BCUT2D eigenvalue weighted by molar-refractivity contribution is -0.126. The van der Waals surface area contributed by atoms with E-state index >= 15 is 0 Å². The summed E-state index contributed by atoms with van der Waals surface area (Å²) in [5.41, 5.74) is -0.738. The summed E-state index contributed by atoms with van der Waals surface area (Å²) in [7, 11) is 5.12. The zero-order valence-corrected chi connectivity index (χ0v) is 28.6. The fourth-order valence-electron chi connectivity index (χ4n) is 5.40. The molecule has 0 unspecified atom stereocenters. The van der Waals surface area contributed by atoms with Gasteiger partial charge in [0.25, 0.3) is 0 Å². The third-order valence-corrected chi connectivity index (χ3v) is 7.77. The number of carbonyl (C=O) groups excluding carboxylic acids is 3. The van der Waals surface area contributed by atoms with Gasteiger partial charge in [-0.2, -0.15) is 0 Å². The molecule has 4 saturated carbocycles. The number of amides is 2. The Labute approximate surface area is 267 Å². The standard InChI is InChI=1S/2C8H15NO2.C6H13N.C6H12.C3H5ClO2.ClH/c2*1-11-6-8(10)9-7-4-2-3-5-7;1-7-6-4-2-3-5-6;1-6-4-2-3-5-6;1-2-6-3(4)5;/h2*7H,2-6H2,1H3,(H,9,10);6-7H,2-5H2,1H3;6H,2-5H2,1H3;2H2,1H3;1H. The topological polar surface area (TPSA) is 115 Å². The third-order valence-electron chi connectivity index (χ3n) is 7.66. The van der Waals surface area contributed by atoms with Gasteiger partial charge in [-0.3, -0.25) is 9.59 Å². The van der Waals surface area contributed by atoms with Crippen LogP contribution in [0.1, 0.15) is 117 Å². The van der Waals surface area contributed by atoms with Crippen molar-refractivity contribution in [1.29, 1.82) is 0 Å². The highest BCUT2D eigenvalue weighted by molar-refractivity contribution is 6.61. The van der Waals surface area contributed by atoms with Crippen molar-refractivity contribution in [3.8, 4) is 0 Å². The van der Waals surface area contributed by atoms with Crippen LogP contribution in [0.4, 0.5) is 4.79 Å². The molecule has 9 nitrogen and oxygen atoms in total. The second kappa shape index (κ2) is 29.9. The molecule has 0 aromatic rings. The largest absolute Gasteiger partial charge is 0.454 e. The molecule has 0 spiro atoms. The summed E-state index contributed by atoms with van der Waals surface area (Å²) in [4.78, 5) is 31.5. The normalized spacial score (nSPS) is 18.4. The molecule has 11 heteroatoms. The number of nitrogens with one attached hydrogen (secondary N) is 3. The fraction of sp³-hybridized carbons (Fsp3) is 0.903. The minimum absolute atomic E-state index is 0. The average molecular weight is 643 g/mol. The van der Waals surface area contributed by atoms with Crippen molar-refractivity contribution in [2.75, 3.05) is 41.1 Å². The van der Waals surface area contributed by atoms with Gasteiger partial charge in [-0.1, -0.05) is 71.1 Å². The van der Waals surface area contributed by atoms with E-state index in [4.69, 9.17) is 21.1 Å². The highest BCUT2D eigenvalue weighted by atomic mass is 35.5. The zero-order valence-electron chi connectivity index (χ0n) is 27.0. The highest BCUT2D eigenvalue weighted by Gasteiger charge is 2.17. The first-order valence-corrected chi connectivity index (χ1v) is 16.2. The van der Waals surface area contributed by atoms with Crippen molar-refractivity contribution in [3.05, 3.63) is 0 Å². The maximum atomic E-state index is 11.0. The van der Waals surface area contributed by atoms with E-state index in [1.807, 2.05) is 0 Å². The van der Waals surface area contributed by atoms with Gasteiger partial charge >= 0.3 is 5.43 Å². The molecule has 0 saturated heterocycles. The van der Waals surface area contributed by atoms with Gasteiger partial charge in [0.2, 0.25) is 11.8 Å². The molecule has 0 heterocycles. The molecule has 4 aliphatic carbocycles. The minimum Gasteiger partial charge on any atom is -0.454 e. The van der Waals surface area contributed by atoms with Gasteiger partial charge in [-0.05, 0) is 58.4 Å². The lowest BCUT2D eigenvalue weighted by atomic mass is 10.2. The molecular formula is C31H61Cl2N3O6. The smallest absolute Gasteiger partial charge is 0.403 e. The van der Waals surface area contributed by atoms with Gasteiger partial charge in [0.15, 0.2) is 0 Å². The number of halogens is 2. The van der Waals surface area contributed by atoms with Gasteiger partial charge in [-0.25, -0.2) is 4.79 Å². The van der Waals surface area contributed by atoms with Gasteiger partial charge < -0.3 is 30.2 Å². The van der Waals surface area contributed by atoms with E-state index in [2.05, 4.69) is 34.7 Å². The Hall–Kier alpha value is -1.13. The molecule has 0 atom stereocenters. The lowest BCUT2D eigenvalue weighted by Crippen LogP contribution is -2.35. The molecule has 2 amide bonds. The van der Waals surface area contributed by atoms with Crippen LogP contribution in [0.15, 0.2) is 0 Å². The summed E-state index contributed by atoms with van der Waals surface area (Å²) >= 11 is 4.72. The van der Waals surface area contributed by atoms with Crippen molar-refractivity contribution < 1.29 is 28.6 Å². The Morgan fingerprint density at radius 1 is 0.667 bits per heavy atom. The number of hydrogen-bond donors (Lipinski definition) is 3. The van der Waals surface area contributed by atoms with Crippen molar-refractivity contribution in [2.45, 2.75) is 135 Å². The number of hydrogen-bond acceptors (Lipinski definition) is 7. The molecule has 0 bridgehead atoms. The fourth-order valence-corrected chi connectivity index (χ4v) is 5.51. The van der Waals surface area contributed by atoms with Crippen molar-refractivity contribution in [1.82, 2.24) is 16.0 Å². The molecule has 250 valence electrons. The van der Waals surface area contributed by atoms with Crippen molar-refractivity contribution >= 4 is 41.3 Å². The van der Waals surface area contributed by atoms with Crippen LogP contribution in [0, 0.1) is 5.92 Å². The third kappa shape index (κ3) is 26.5. The lowest BCUT2D eigenvalue weighted by Gasteiger charge is -2.10. The van der Waals surface area contributed by atoms with Gasteiger partial charge in [0.1, 0.15) is 13.2 Å². The molecular weight excluding hydrogens is 581 g/mol. The number of ether oxygens (including phenoxy) is 3. The van der Waals surface area contributed by atoms with Crippen LogP contribution in [0.3, 0.4) is 0 Å². The number of rotatable bonds is 8. The van der Waals surface area contributed by atoms with E-state index in [1.165, 1.54) is 91.3 Å². The molecule has 0 radical (unpaired) electrons. The van der Waals surface area contributed by atoms with Crippen LogP contribution in [0.5, 0.6) is 0 Å². The van der Waals surface area contributed by atoms with Gasteiger partial charge in [0.05, 0.1) is 6.61 Å². The minimum atomic E-state index is -0.738. The summed E-state index contributed by atoms with van der Waals surface area (Å²) in [6.45, 7) is 4.77. The van der Waals surface area contributed by atoms with Crippen LogP contribution >= 0.6 is 24.0 Å². The molecule has 0 aromatic carbocycles. The van der Waals surface area contributed by atoms with E-state index in [0.717, 1.165) is 37.6 Å². The number of methoxy groups -OCH3 is 2. The van der Waals surface area contributed by atoms with E-state index in [-0.39, 0.29) is 37.4 Å². The monoisotopic (exact) mass is 641 g/mol. The number of carbonyl (C=O) groups is 3. The Kier molecular flexibility index (Phi) is 30.6. The van der Waals surface area contributed by atoms with E-state index in [0.29, 0.717) is 18.7 Å². The van der Waals surface area contributed by atoms with Crippen LogP contribution in [0.25, 0.3) is 0 Å². The van der Waals surface area contributed by atoms with E-state index < -0.39 is 5.43 Å². The molecule has 4 rings (SSSR count). The van der Waals surface area contributed by atoms with Gasteiger partial charge in [0, 0.05) is 43.9 Å². The molecule has 42 heavy (non-hydrogen) atoms. The summed E-state index contributed by atoms with van der Waals surface area (Å²) in [6.07, 6.45) is 21.1. The summed E-state index contributed by atoms with van der Waals surface area (Å²) in [5.74, 6) is 1.07. The first-order chi connectivity index (χ1) is 19.7. The summed E-state index contributed by atoms with van der Waals surface area (Å²) in [6, 6.07) is 1.68. The van der Waals surface area contributed by atoms with Crippen LogP contribution in [-0.4, -0.2) is 76.5 Å². The first-order valence-electron chi connectivity index (χ1n) is 15.8. The maximum absolute atomic E-state index is 11.0. The Balaban J connectivity index is 0. The second-order valence-corrected chi connectivity index (χ2v) is 11.6. The molecule has 0 aliphatic heterocycles. The SMILES string of the molecule is CC1CCCC1.CCOC(=O)Cl.CNC1CCCC1.COCC(=O)NC1CCCC1.COCC(=O)NC1CCCC1.Cl. The van der Waals surface area contributed by atoms with E-state index in [9.17, 15) is 14.4 Å². The van der Waals surface area contributed by atoms with E-state index in [1.54, 1.807) is 6.92 Å². The molecule has 4 aliphatic rings. The predicted octanol–water partition coefficient (Wildman–Crippen LogP) is 6.53. The van der Waals surface area contributed by atoms with Crippen LogP contribution in [-0.2, 0) is 23.8 Å². The van der Waals surface area contributed by atoms with Crippen molar-refractivity contribution in [3.63, 3.8) is 0 Å². The summed E-state index contributed by atoms with van der Waals surface area (Å²) < 4.78 is 13.6. The average Bonchev–Trinajstić information content (AvgIpc) is 3.75. The predicted molar refractivity (Wildman–Crippen MR) is 174 cm³/mol. The van der Waals surface area contributed by atoms with Crippen LogP contribution < -0.4 is 16.0 Å². The Bertz CT molecular complexity index is 619. The Morgan fingerprint density at radius 3 is 1.19 bits per heavy atom. The Morgan fingerprint density at radius 2 is 1.00 bits per heavy atom. The van der Waals surface area contributed by atoms with Crippen LogP contribution in [0.2, 0.25) is 0 Å². The molecule has 0 aromatic heterocycles. The first kappa shape index (κ1) is 43.0.